The predicted octanol–water partition coefficient (Wildman–Crippen LogP) is 0.214. The average Bonchev–Trinajstić information content (AvgIpc) is 3.03. The number of hydrogen-bond acceptors (Lipinski definition) is 6. The molecule has 2 heterocycles. The Hall–Kier alpha value is -2.18. The van der Waals surface area contributed by atoms with Crippen molar-refractivity contribution in [1.29, 1.82) is 0 Å². The molecule has 82 valence electrons. The highest BCUT2D eigenvalue weighted by atomic mass is 15.5. The van der Waals surface area contributed by atoms with Crippen LogP contribution >= 0.6 is 0 Å². The lowest BCUT2D eigenvalue weighted by molar-refractivity contribution is 0.821. The van der Waals surface area contributed by atoms with E-state index in [9.17, 15) is 0 Å². The normalized spacial score (nSPS) is 15.0. The molecule has 2 aromatic rings. The maximum absolute atomic E-state index is 5.75. The smallest absolute Gasteiger partial charge is 0.244 e. The Morgan fingerprint density at radius 1 is 1.44 bits per heavy atom. The molecule has 0 aromatic carbocycles. The first-order valence-corrected chi connectivity index (χ1v) is 5.10. The summed E-state index contributed by atoms with van der Waals surface area (Å²) in [5.74, 6) is 1.42. The van der Waals surface area contributed by atoms with Gasteiger partial charge in [-0.25, -0.2) is 0 Å². The summed E-state index contributed by atoms with van der Waals surface area (Å²) in [6.45, 7) is 0. The minimum Gasteiger partial charge on any atom is -0.368 e. The molecule has 1 saturated carbocycles. The van der Waals surface area contributed by atoms with Gasteiger partial charge in [0.05, 0.1) is 0 Å². The largest absolute Gasteiger partial charge is 0.368 e. The molecule has 0 saturated heterocycles. The molecule has 0 spiro atoms. The lowest BCUT2D eigenvalue weighted by Gasteiger charge is -1.98. The predicted molar refractivity (Wildman–Crippen MR) is 58.0 cm³/mol. The molecule has 0 atom stereocenters. The Morgan fingerprint density at radius 3 is 3.00 bits per heavy atom. The van der Waals surface area contributed by atoms with Crippen LogP contribution in [0.4, 0.5) is 11.9 Å². The third-order valence-corrected chi connectivity index (χ3v) is 2.32. The highest BCUT2D eigenvalue weighted by Crippen LogP contribution is 2.23. The van der Waals surface area contributed by atoms with Crippen molar-refractivity contribution in [3.63, 3.8) is 0 Å². The Bertz CT molecular complexity index is 488. The molecule has 1 fully saturated rings. The lowest BCUT2D eigenvalue weighted by atomic mass is 10.5. The molecule has 7 heteroatoms. The minimum atomic E-state index is 0.309. The van der Waals surface area contributed by atoms with E-state index in [1.54, 1.807) is 18.3 Å². The summed E-state index contributed by atoms with van der Waals surface area (Å²) in [5.41, 5.74) is 5.75. The van der Waals surface area contributed by atoms with Crippen molar-refractivity contribution in [1.82, 2.24) is 25.0 Å². The third-order valence-electron chi connectivity index (χ3n) is 2.32. The molecule has 0 bridgehead atoms. The zero-order valence-corrected chi connectivity index (χ0v) is 8.54. The van der Waals surface area contributed by atoms with E-state index in [0.717, 1.165) is 0 Å². The molecule has 3 N–H and O–H groups in total. The maximum Gasteiger partial charge on any atom is 0.244 e. The van der Waals surface area contributed by atoms with Gasteiger partial charge < -0.3 is 11.1 Å². The summed E-state index contributed by atoms with van der Waals surface area (Å²) in [6.07, 6.45) is 3.93. The van der Waals surface area contributed by atoms with E-state index < -0.39 is 0 Å². The fourth-order valence-electron chi connectivity index (χ4n) is 1.37. The molecule has 1 aliphatic rings. The first-order chi connectivity index (χ1) is 7.83. The van der Waals surface area contributed by atoms with Crippen LogP contribution in [0.1, 0.15) is 12.8 Å². The van der Waals surface area contributed by atoms with E-state index in [4.69, 9.17) is 5.73 Å². The molecule has 0 aliphatic heterocycles. The number of nitrogens with two attached hydrogens (primary N) is 1. The van der Waals surface area contributed by atoms with Crippen LogP contribution in [0.2, 0.25) is 0 Å². The van der Waals surface area contributed by atoms with Crippen LogP contribution in [0.25, 0.3) is 5.82 Å². The Morgan fingerprint density at radius 2 is 2.31 bits per heavy atom. The molecule has 2 aromatic heterocycles. The van der Waals surface area contributed by atoms with Gasteiger partial charge in [-0.2, -0.15) is 14.8 Å². The van der Waals surface area contributed by atoms with Crippen molar-refractivity contribution >= 4 is 11.9 Å². The van der Waals surface area contributed by atoms with Crippen LogP contribution < -0.4 is 11.1 Å². The second-order valence-corrected chi connectivity index (χ2v) is 3.71. The molecule has 16 heavy (non-hydrogen) atoms. The first-order valence-electron chi connectivity index (χ1n) is 5.10. The molecule has 7 nitrogen and oxygen atoms in total. The van der Waals surface area contributed by atoms with Gasteiger partial charge in [0, 0.05) is 12.2 Å². The topological polar surface area (TPSA) is 94.5 Å². The lowest BCUT2D eigenvalue weighted by Crippen LogP contribution is -2.06. The number of hydrogen-bond donors (Lipinski definition) is 2. The average molecular weight is 217 g/mol. The van der Waals surface area contributed by atoms with Gasteiger partial charge in [0.2, 0.25) is 11.9 Å². The van der Waals surface area contributed by atoms with Gasteiger partial charge in [0.25, 0.3) is 0 Å². The van der Waals surface area contributed by atoms with Crippen LogP contribution in [0, 0.1) is 0 Å². The SMILES string of the molecule is Nc1nc(NC2CC2)nn1-c1cccnn1. The van der Waals surface area contributed by atoms with Crippen LogP contribution in [0.15, 0.2) is 18.3 Å². The molecule has 0 amide bonds. The van der Waals surface area contributed by atoms with E-state index in [1.165, 1.54) is 17.5 Å². The van der Waals surface area contributed by atoms with Gasteiger partial charge in [-0.1, -0.05) is 0 Å². The molecule has 0 unspecified atom stereocenters. The quantitative estimate of drug-likeness (QED) is 0.763. The zero-order valence-electron chi connectivity index (χ0n) is 8.54. The third kappa shape index (κ3) is 1.67. The van der Waals surface area contributed by atoms with Gasteiger partial charge in [-0.15, -0.1) is 10.2 Å². The molecule has 1 aliphatic carbocycles. The van der Waals surface area contributed by atoms with E-state index >= 15 is 0 Å². The zero-order chi connectivity index (χ0) is 11.0. The summed E-state index contributed by atoms with van der Waals surface area (Å²) in [7, 11) is 0. The first kappa shape index (κ1) is 9.08. The van der Waals surface area contributed by atoms with Gasteiger partial charge in [-0.3, -0.25) is 0 Å². The van der Waals surface area contributed by atoms with Crippen LogP contribution in [-0.2, 0) is 0 Å². The minimum absolute atomic E-state index is 0.309. The van der Waals surface area contributed by atoms with Gasteiger partial charge >= 0.3 is 0 Å². The molecule has 0 radical (unpaired) electrons. The molecular formula is C9H11N7. The second kappa shape index (κ2) is 3.44. The summed E-state index contributed by atoms with van der Waals surface area (Å²) in [5, 5.41) is 15.1. The summed E-state index contributed by atoms with van der Waals surface area (Å²) in [4.78, 5) is 4.12. The number of nitrogen functional groups attached to an aromatic ring is 1. The van der Waals surface area contributed by atoms with E-state index in [1.807, 2.05) is 0 Å². The van der Waals surface area contributed by atoms with E-state index in [0.29, 0.717) is 23.8 Å². The van der Waals surface area contributed by atoms with Gasteiger partial charge in [0.1, 0.15) is 0 Å². The second-order valence-electron chi connectivity index (χ2n) is 3.71. The Balaban J connectivity index is 1.91. The van der Waals surface area contributed by atoms with Crippen LogP contribution in [0.3, 0.4) is 0 Å². The van der Waals surface area contributed by atoms with Crippen molar-refractivity contribution < 1.29 is 0 Å². The highest BCUT2D eigenvalue weighted by Gasteiger charge is 2.23. The van der Waals surface area contributed by atoms with Gasteiger partial charge in [0.15, 0.2) is 5.82 Å². The number of nitrogens with zero attached hydrogens (tertiary/aromatic N) is 5. The van der Waals surface area contributed by atoms with Crippen molar-refractivity contribution in [2.24, 2.45) is 0 Å². The number of rotatable bonds is 3. The standard InChI is InChI=1S/C9H11N7/c10-8-13-9(12-6-3-4-6)15-16(8)7-2-1-5-11-14-7/h1-2,5-6H,3-4H2,(H3,10,12,13,15). The summed E-state index contributed by atoms with van der Waals surface area (Å²) >= 11 is 0. The van der Waals surface area contributed by atoms with Crippen molar-refractivity contribution in [3.8, 4) is 5.82 Å². The fourth-order valence-corrected chi connectivity index (χ4v) is 1.37. The maximum atomic E-state index is 5.75. The molecule has 3 rings (SSSR count). The van der Waals surface area contributed by atoms with Crippen molar-refractivity contribution in [2.45, 2.75) is 18.9 Å². The summed E-state index contributed by atoms with van der Waals surface area (Å²) < 4.78 is 1.47. The van der Waals surface area contributed by atoms with E-state index in [-0.39, 0.29) is 0 Å². The summed E-state index contributed by atoms with van der Waals surface area (Å²) in [6, 6.07) is 4.05. The van der Waals surface area contributed by atoms with E-state index in [2.05, 4.69) is 25.6 Å². The number of nitrogens with one attached hydrogen (secondary N) is 1. The van der Waals surface area contributed by atoms with Gasteiger partial charge in [-0.05, 0) is 25.0 Å². The number of aromatic nitrogens is 5. The number of anilines is 2. The van der Waals surface area contributed by atoms with Crippen LogP contribution in [-0.4, -0.2) is 31.0 Å². The molecular weight excluding hydrogens is 206 g/mol. The Kier molecular flexibility index (Phi) is 1.95. The van der Waals surface area contributed by atoms with Crippen molar-refractivity contribution in [3.05, 3.63) is 18.3 Å². The monoisotopic (exact) mass is 217 g/mol. The highest BCUT2D eigenvalue weighted by molar-refractivity contribution is 5.38. The Labute approximate surface area is 91.7 Å². The van der Waals surface area contributed by atoms with Crippen molar-refractivity contribution in [2.75, 3.05) is 11.1 Å². The van der Waals surface area contributed by atoms with Crippen LogP contribution in [0.5, 0.6) is 0 Å². The fraction of sp³-hybridized carbons (Fsp3) is 0.333.